The van der Waals surface area contributed by atoms with Gasteiger partial charge in [0.2, 0.25) is 5.91 Å². The maximum atomic E-state index is 12.5. The van der Waals surface area contributed by atoms with E-state index in [2.05, 4.69) is 16.0 Å². The highest BCUT2D eigenvalue weighted by molar-refractivity contribution is 5.94. The van der Waals surface area contributed by atoms with E-state index >= 15 is 0 Å². The fourth-order valence-electron chi connectivity index (χ4n) is 3.05. The van der Waals surface area contributed by atoms with Crippen LogP contribution in [-0.2, 0) is 11.2 Å². The van der Waals surface area contributed by atoms with Crippen LogP contribution in [0.5, 0.6) is 0 Å². The van der Waals surface area contributed by atoms with Gasteiger partial charge in [0.25, 0.3) is 5.69 Å². The predicted octanol–water partition coefficient (Wildman–Crippen LogP) is 3.12. The summed E-state index contributed by atoms with van der Waals surface area (Å²) in [5, 5.41) is 29.1. The number of carbonyl (C=O) groups excluding carboxylic acids is 2. The molecule has 0 bridgehead atoms. The molecule has 0 saturated heterocycles. The predicted molar refractivity (Wildman–Crippen MR) is 115 cm³/mol. The number of benzene rings is 3. The average molecular weight is 417 g/mol. The van der Waals surface area contributed by atoms with Crippen molar-refractivity contribution in [2.75, 3.05) is 11.9 Å². The summed E-state index contributed by atoms with van der Waals surface area (Å²) >= 11 is 0. The zero-order valence-corrected chi connectivity index (χ0v) is 16.4. The van der Waals surface area contributed by atoms with Crippen LogP contribution in [0.25, 0.3) is 10.8 Å². The first-order chi connectivity index (χ1) is 15.0. The molecule has 0 spiro atoms. The number of nitro benzene ring substituents is 1. The maximum absolute atomic E-state index is 12.5. The molecule has 9 heteroatoms. The van der Waals surface area contributed by atoms with Gasteiger partial charge in [0.1, 0.15) is 12.6 Å². The van der Waals surface area contributed by atoms with Crippen molar-refractivity contribution >= 4 is 34.1 Å². The van der Waals surface area contributed by atoms with Crippen LogP contribution in [0.15, 0.2) is 66.7 Å². The Bertz CT molecular complexity index is 1150. The van der Waals surface area contributed by atoms with Crippen molar-refractivity contribution in [2.24, 2.45) is 0 Å². The molecule has 0 saturated carbocycles. The van der Waals surface area contributed by atoms with E-state index < -0.39 is 22.9 Å². The number of amides is 3. The quantitative estimate of drug-likeness (QED) is 0.308. The second-order valence-corrected chi connectivity index (χ2v) is 6.72. The van der Waals surface area contributed by atoms with Crippen LogP contribution < -0.4 is 16.0 Å². The van der Waals surface area contributed by atoms with Crippen LogP contribution in [0.2, 0.25) is 0 Å². The second kappa shape index (κ2) is 9.84. The van der Waals surface area contributed by atoms with E-state index in [1.54, 1.807) is 0 Å². The number of nitrogens with zero attached hydrogens (tertiary/aromatic N) is 2. The van der Waals surface area contributed by atoms with Gasteiger partial charge >= 0.3 is 6.03 Å². The third-order valence-corrected chi connectivity index (χ3v) is 4.55. The molecule has 0 aliphatic rings. The molecule has 3 aromatic rings. The number of nitrogens with one attached hydrogen (secondary N) is 3. The van der Waals surface area contributed by atoms with Gasteiger partial charge in [-0.15, -0.1) is 0 Å². The van der Waals surface area contributed by atoms with Crippen LogP contribution in [0.1, 0.15) is 5.56 Å². The van der Waals surface area contributed by atoms with Crippen LogP contribution in [0, 0.1) is 21.4 Å². The van der Waals surface area contributed by atoms with Gasteiger partial charge in [0, 0.05) is 24.2 Å². The van der Waals surface area contributed by atoms with E-state index in [1.807, 2.05) is 48.5 Å². The zero-order valence-electron chi connectivity index (χ0n) is 16.4. The lowest BCUT2D eigenvalue weighted by Gasteiger charge is -2.18. The van der Waals surface area contributed by atoms with Crippen LogP contribution in [0.3, 0.4) is 0 Å². The van der Waals surface area contributed by atoms with Crippen molar-refractivity contribution in [3.05, 3.63) is 82.4 Å². The van der Waals surface area contributed by atoms with E-state index in [-0.39, 0.29) is 18.7 Å². The molecule has 1 unspecified atom stereocenters. The Morgan fingerprint density at radius 2 is 1.74 bits per heavy atom. The van der Waals surface area contributed by atoms with Crippen LogP contribution in [-0.4, -0.2) is 29.4 Å². The van der Waals surface area contributed by atoms with Crippen molar-refractivity contribution in [1.82, 2.24) is 10.6 Å². The van der Waals surface area contributed by atoms with E-state index in [0.29, 0.717) is 5.69 Å². The van der Waals surface area contributed by atoms with Gasteiger partial charge in [0.05, 0.1) is 11.0 Å². The van der Waals surface area contributed by atoms with Crippen molar-refractivity contribution in [3.63, 3.8) is 0 Å². The minimum Gasteiger partial charge on any atom is -0.341 e. The van der Waals surface area contributed by atoms with Gasteiger partial charge in [-0.2, -0.15) is 5.26 Å². The third kappa shape index (κ3) is 5.77. The number of nitriles is 1. The summed E-state index contributed by atoms with van der Waals surface area (Å²) in [5.41, 5.74) is 1.08. The molecule has 3 N–H and O–H groups in total. The molecule has 31 heavy (non-hydrogen) atoms. The number of urea groups is 1. The van der Waals surface area contributed by atoms with E-state index in [0.717, 1.165) is 16.3 Å². The standard InChI is InChI=1S/C22H19N5O4/c23-11-12-24-21(28)20(14-15-5-6-16-3-1-2-4-17(16)13-15)26-22(29)25-18-7-9-19(10-8-18)27(30)31/h1-10,13,20H,12,14H2,(H,24,28)(H2,25,26,29). The summed E-state index contributed by atoms with van der Waals surface area (Å²) < 4.78 is 0. The number of carbonyl (C=O) groups is 2. The molecule has 0 fully saturated rings. The number of nitro groups is 1. The minimum atomic E-state index is -0.924. The molecule has 156 valence electrons. The Morgan fingerprint density at radius 1 is 1.03 bits per heavy atom. The van der Waals surface area contributed by atoms with Crippen molar-refractivity contribution in [2.45, 2.75) is 12.5 Å². The molecule has 9 nitrogen and oxygen atoms in total. The highest BCUT2D eigenvalue weighted by atomic mass is 16.6. The number of non-ortho nitro benzene ring substituents is 1. The molecule has 0 aliphatic carbocycles. The van der Waals surface area contributed by atoms with Crippen molar-refractivity contribution in [1.29, 1.82) is 5.26 Å². The summed E-state index contributed by atoms with van der Waals surface area (Å²) in [6, 6.07) is 19.1. The Labute approximate surface area is 177 Å². The summed E-state index contributed by atoms with van der Waals surface area (Å²) in [4.78, 5) is 35.1. The lowest BCUT2D eigenvalue weighted by Crippen LogP contribution is -2.49. The third-order valence-electron chi connectivity index (χ3n) is 4.55. The Kier molecular flexibility index (Phi) is 6.75. The fourth-order valence-corrected chi connectivity index (χ4v) is 3.05. The van der Waals surface area contributed by atoms with Gasteiger partial charge in [-0.1, -0.05) is 42.5 Å². The number of anilines is 1. The van der Waals surface area contributed by atoms with Crippen molar-refractivity contribution < 1.29 is 14.5 Å². The van der Waals surface area contributed by atoms with Crippen LogP contribution in [0.4, 0.5) is 16.2 Å². The molecule has 3 rings (SSSR count). The lowest BCUT2D eigenvalue weighted by atomic mass is 10.0. The summed E-state index contributed by atoms with van der Waals surface area (Å²) in [7, 11) is 0. The molecule has 1 atom stereocenters. The van der Waals surface area contributed by atoms with E-state index in [4.69, 9.17) is 5.26 Å². The monoisotopic (exact) mass is 417 g/mol. The van der Waals surface area contributed by atoms with E-state index in [9.17, 15) is 19.7 Å². The average Bonchev–Trinajstić information content (AvgIpc) is 2.77. The Hall–Kier alpha value is -4.45. The highest BCUT2D eigenvalue weighted by Crippen LogP contribution is 2.17. The maximum Gasteiger partial charge on any atom is 0.319 e. The number of hydrogen-bond donors (Lipinski definition) is 3. The number of hydrogen-bond acceptors (Lipinski definition) is 5. The Balaban J connectivity index is 1.72. The van der Waals surface area contributed by atoms with Gasteiger partial charge in [-0.05, 0) is 28.5 Å². The number of rotatable bonds is 7. The van der Waals surface area contributed by atoms with Crippen LogP contribution >= 0.6 is 0 Å². The molecule has 3 amide bonds. The minimum absolute atomic E-state index is 0.101. The molecular weight excluding hydrogens is 398 g/mol. The normalized spacial score (nSPS) is 11.2. The summed E-state index contributed by atoms with van der Waals surface area (Å²) in [5.74, 6) is -0.492. The Morgan fingerprint density at radius 3 is 2.42 bits per heavy atom. The molecule has 0 aromatic heterocycles. The molecular formula is C22H19N5O4. The SMILES string of the molecule is N#CCNC(=O)C(Cc1ccc2ccccc2c1)NC(=O)Nc1ccc([N+](=O)[O-])cc1. The lowest BCUT2D eigenvalue weighted by molar-refractivity contribution is -0.384. The first-order valence-electron chi connectivity index (χ1n) is 9.40. The van der Waals surface area contributed by atoms with E-state index in [1.165, 1.54) is 24.3 Å². The molecule has 0 radical (unpaired) electrons. The van der Waals surface area contributed by atoms with Gasteiger partial charge in [0.15, 0.2) is 0 Å². The number of fused-ring (bicyclic) bond motifs is 1. The van der Waals surface area contributed by atoms with Gasteiger partial charge in [-0.25, -0.2) is 4.79 Å². The first-order valence-corrected chi connectivity index (χ1v) is 9.40. The second-order valence-electron chi connectivity index (χ2n) is 6.72. The topological polar surface area (TPSA) is 137 Å². The molecule has 0 aliphatic heterocycles. The largest absolute Gasteiger partial charge is 0.341 e. The first kappa shape index (κ1) is 21.3. The summed E-state index contributed by atoms with van der Waals surface area (Å²) in [6.07, 6.45) is 0.218. The molecule has 0 heterocycles. The summed E-state index contributed by atoms with van der Waals surface area (Å²) in [6.45, 7) is -0.182. The molecule has 3 aromatic carbocycles. The van der Waals surface area contributed by atoms with Gasteiger partial charge < -0.3 is 16.0 Å². The smallest absolute Gasteiger partial charge is 0.319 e. The fraction of sp³-hybridized carbons (Fsp3) is 0.136. The van der Waals surface area contributed by atoms with Gasteiger partial charge in [-0.3, -0.25) is 14.9 Å². The highest BCUT2D eigenvalue weighted by Gasteiger charge is 2.21. The zero-order chi connectivity index (χ0) is 22.2. The van der Waals surface area contributed by atoms with Crippen molar-refractivity contribution in [3.8, 4) is 6.07 Å².